The van der Waals surface area contributed by atoms with Crippen molar-refractivity contribution >= 4 is 22.2 Å². The number of H-pyrrole nitrogens is 1. The fraction of sp³-hybridized carbons (Fsp3) is 0.222. The first-order valence-corrected chi connectivity index (χ1v) is 8.49. The number of hydrogen-bond acceptors (Lipinski definition) is 5. The Morgan fingerprint density at radius 3 is 3.04 bits per heavy atom. The zero-order chi connectivity index (χ0) is 18.7. The van der Waals surface area contributed by atoms with E-state index < -0.39 is 11.5 Å². The number of aryl methyl sites for hydroxylation is 1. The van der Waals surface area contributed by atoms with E-state index in [1.807, 2.05) is 6.92 Å². The molecule has 136 valence electrons. The minimum atomic E-state index is -0.776. The molecule has 1 N–H and O–H groups in total. The summed E-state index contributed by atoms with van der Waals surface area (Å²) in [5, 5.41) is 0.165. The zero-order valence-electron chi connectivity index (χ0n) is 14.3. The number of ether oxygens (including phenoxy) is 1. The van der Waals surface area contributed by atoms with E-state index in [-0.39, 0.29) is 28.4 Å². The van der Waals surface area contributed by atoms with E-state index in [0.29, 0.717) is 29.9 Å². The monoisotopic (exact) mass is 367 g/mol. The van der Waals surface area contributed by atoms with Gasteiger partial charge in [-0.2, -0.15) is 0 Å². The van der Waals surface area contributed by atoms with Crippen LogP contribution in [-0.2, 0) is 6.54 Å². The van der Waals surface area contributed by atoms with E-state index in [4.69, 9.17) is 4.74 Å². The molecule has 4 aromatic rings. The molecule has 27 heavy (non-hydrogen) atoms. The van der Waals surface area contributed by atoms with Crippen LogP contribution in [0, 0.1) is 5.82 Å². The average Bonchev–Trinajstić information content (AvgIpc) is 2.96. The lowest BCUT2D eigenvalue weighted by Crippen LogP contribution is -2.19. The maximum Gasteiger partial charge on any atom is 0.333 e. The third-order valence-corrected chi connectivity index (χ3v) is 4.74. The molecule has 1 aliphatic heterocycles. The van der Waals surface area contributed by atoms with Crippen molar-refractivity contribution in [1.82, 2.24) is 24.1 Å². The van der Waals surface area contributed by atoms with Crippen molar-refractivity contribution in [1.29, 1.82) is 0 Å². The molecule has 8 nitrogen and oxygen atoms in total. The highest BCUT2D eigenvalue weighted by Crippen LogP contribution is 2.28. The highest BCUT2D eigenvalue weighted by atomic mass is 19.1. The van der Waals surface area contributed by atoms with Gasteiger partial charge in [0.05, 0.1) is 11.5 Å². The van der Waals surface area contributed by atoms with E-state index >= 15 is 0 Å². The Balaban J connectivity index is 1.98. The summed E-state index contributed by atoms with van der Waals surface area (Å²) in [5.74, 6) is -0.569. The number of pyridine rings is 3. The summed E-state index contributed by atoms with van der Waals surface area (Å²) in [5.41, 5.74) is -0.00904. The largest absolute Gasteiger partial charge is 0.488 e. The molecule has 0 radical (unpaired) electrons. The smallest absolute Gasteiger partial charge is 0.333 e. The van der Waals surface area contributed by atoms with E-state index in [9.17, 15) is 14.0 Å². The van der Waals surface area contributed by atoms with Gasteiger partial charge in [0.25, 0.3) is 0 Å². The van der Waals surface area contributed by atoms with Gasteiger partial charge < -0.3 is 9.30 Å². The number of halogens is 1. The molecule has 0 saturated heterocycles. The van der Waals surface area contributed by atoms with Crippen LogP contribution in [0.1, 0.15) is 13.3 Å². The Morgan fingerprint density at radius 1 is 1.33 bits per heavy atom. The van der Waals surface area contributed by atoms with Gasteiger partial charge in [-0.15, -0.1) is 0 Å². The Kier molecular flexibility index (Phi) is 3.21. The van der Waals surface area contributed by atoms with Crippen molar-refractivity contribution in [3.63, 3.8) is 0 Å². The third kappa shape index (κ3) is 2.28. The molecular formula is C18H14FN5O3. The van der Waals surface area contributed by atoms with Crippen LogP contribution in [0.15, 0.2) is 40.2 Å². The van der Waals surface area contributed by atoms with Crippen molar-refractivity contribution in [3.05, 3.63) is 57.1 Å². The van der Waals surface area contributed by atoms with E-state index in [0.717, 1.165) is 10.6 Å². The quantitative estimate of drug-likeness (QED) is 0.511. The molecule has 0 aliphatic carbocycles. The van der Waals surface area contributed by atoms with Gasteiger partial charge in [0.15, 0.2) is 22.7 Å². The molecule has 0 spiro atoms. The SMILES string of the molecule is C[C@@H]1CCn2ccc(=O)c3cc(F)c(nc32)-n2c(=O)[nH]c3nccc(c32)O1. The molecule has 5 rings (SSSR count). The van der Waals surface area contributed by atoms with Crippen molar-refractivity contribution < 1.29 is 9.13 Å². The number of nitrogens with one attached hydrogen (secondary N) is 1. The molecule has 2 bridgehead atoms. The van der Waals surface area contributed by atoms with Crippen LogP contribution < -0.4 is 15.9 Å². The van der Waals surface area contributed by atoms with Crippen molar-refractivity contribution in [3.8, 4) is 11.6 Å². The Bertz CT molecular complexity index is 1340. The molecular weight excluding hydrogens is 353 g/mol. The van der Waals surface area contributed by atoms with Gasteiger partial charge in [-0.3, -0.25) is 9.78 Å². The lowest BCUT2D eigenvalue weighted by molar-refractivity contribution is 0.206. The lowest BCUT2D eigenvalue weighted by Gasteiger charge is -2.16. The zero-order valence-corrected chi connectivity index (χ0v) is 14.3. The fourth-order valence-corrected chi connectivity index (χ4v) is 3.42. The van der Waals surface area contributed by atoms with Gasteiger partial charge in [0, 0.05) is 37.5 Å². The molecule has 1 aliphatic rings. The van der Waals surface area contributed by atoms with E-state index in [1.165, 1.54) is 12.3 Å². The number of hydrogen-bond donors (Lipinski definition) is 1. The maximum atomic E-state index is 14.9. The van der Waals surface area contributed by atoms with Gasteiger partial charge in [-0.25, -0.2) is 23.7 Å². The van der Waals surface area contributed by atoms with Gasteiger partial charge in [-0.05, 0) is 13.0 Å². The Labute approximate surface area is 150 Å². The van der Waals surface area contributed by atoms with Crippen molar-refractivity contribution in [2.75, 3.05) is 0 Å². The first-order valence-electron chi connectivity index (χ1n) is 8.49. The summed E-state index contributed by atoms with van der Waals surface area (Å²) in [6.07, 6.45) is 3.58. The van der Waals surface area contributed by atoms with Crippen LogP contribution in [-0.4, -0.2) is 30.2 Å². The highest BCUT2D eigenvalue weighted by Gasteiger charge is 2.22. The number of rotatable bonds is 0. The topological polar surface area (TPSA) is 94.8 Å². The Morgan fingerprint density at radius 2 is 2.19 bits per heavy atom. The van der Waals surface area contributed by atoms with Crippen LogP contribution in [0.4, 0.5) is 4.39 Å². The first kappa shape index (κ1) is 15.7. The number of fused-ring (bicyclic) bond motifs is 2. The molecule has 0 unspecified atom stereocenters. The Hall–Kier alpha value is -3.49. The molecule has 0 saturated carbocycles. The highest BCUT2D eigenvalue weighted by molar-refractivity contribution is 5.81. The van der Waals surface area contributed by atoms with Crippen molar-refractivity contribution in [2.24, 2.45) is 0 Å². The number of aromatic amines is 1. The van der Waals surface area contributed by atoms with Crippen LogP contribution in [0.5, 0.6) is 5.75 Å². The molecule has 0 amide bonds. The number of aromatic nitrogens is 5. The molecule has 1 atom stereocenters. The summed E-state index contributed by atoms with van der Waals surface area (Å²) in [6.45, 7) is 2.43. The maximum absolute atomic E-state index is 14.9. The second kappa shape index (κ2) is 5.50. The second-order valence-electron chi connectivity index (χ2n) is 6.53. The molecule has 5 heterocycles. The second-order valence-corrected chi connectivity index (χ2v) is 6.53. The third-order valence-electron chi connectivity index (χ3n) is 4.74. The summed E-state index contributed by atoms with van der Waals surface area (Å²) in [4.78, 5) is 35.8. The van der Waals surface area contributed by atoms with Gasteiger partial charge >= 0.3 is 5.69 Å². The van der Waals surface area contributed by atoms with E-state index in [1.54, 1.807) is 16.8 Å². The van der Waals surface area contributed by atoms with Gasteiger partial charge in [0.1, 0.15) is 16.9 Å². The number of imidazole rings is 1. The number of nitrogens with zero attached hydrogens (tertiary/aromatic N) is 4. The van der Waals surface area contributed by atoms with Crippen LogP contribution >= 0.6 is 0 Å². The first-order chi connectivity index (χ1) is 13.0. The van der Waals surface area contributed by atoms with Crippen LogP contribution in [0.3, 0.4) is 0 Å². The standard InChI is InChI=1S/C18H14FN5O3/c1-9-3-6-23-7-4-12(25)10-8-11(19)17(22-16(10)23)24-14-13(27-9)2-5-20-15(14)21-18(24)26/h2,4-5,7-9H,3,6H2,1H3,(H,20,21,26)/t9-/m1/s1. The van der Waals surface area contributed by atoms with Gasteiger partial charge in [0.2, 0.25) is 0 Å². The minimum absolute atomic E-state index is 0.165. The molecule has 9 heteroatoms. The average molecular weight is 367 g/mol. The predicted molar refractivity (Wildman–Crippen MR) is 95.9 cm³/mol. The normalized spacial score (nSPS) is 16.4. The lowest BCUT2D eigenvalue weighted by atomic mass is 10.2. The van der Waals surface area contributed by atoms with Crippen molar-refractivity contribution in [2.45, 2.75) is 26.0 Å². The summed E-state index contributed by atoms with van der Waals surface area (Å²) < 4.78 is 23.8. The minimum Gasteiger partial charge on any atom is -0.488 e. The summed E-state index contributed by atoms with van der Waals surface area (Å²) >= 11 is 0. The van der Waals surface area contributed by atoms with Crippen LogP contribution in [0.2, 0.25) is 0 Å². The van der Waals surface area contributed by atoms with E-state index in [2.05, 4.69) is 15.0 Å². The molecule has 4 aromatic heterocycles. The summed E-state index contributed by atoms with van der Waals surface area (Å²) in [7, 11) is 0. The predicted octanol–water partition coefficient (Wildman–Crippen LogP) is 1.73. The fourth-order valence-electron chi connectivity index (χ4n) is 3.42. The molecule has 0 aromatic carbocycles. The molecule has 0 fully saturated rings. The van der Waals surface area contributed by atoms with Gasteiger partial charge in [-0.1, -0.05) is 0 Å². The van der Waals surface area contributed by atoms with Crippen LogP contribution in [0.25, 0.3) is 28.0 Å². The summed E-state index contributed by atoms with van der Waals surface area (Å²) in [6, 6.07) is 4.14.